The second-order valence-corrected chi connectivity index (χ2v) is 6.43. The van der Waals surface area contributed by atoms with Gasteiger partial charge in [0.25, 0.3) is 11.6 Å². The number of hydrogen-bond acceptors (Lipinski definition) is 4. The minimum Gasteiger partial charge on any atom is -0.321 e. The minimum atomic E-state index is -0.455. The van der Waals surface area contributed by atoms with Gasteiger partial charge >= 0.3 is 0 Å². The van der Waals surface area contributed by atoms with Gasteiger partial charge in [0.1, 0.15) is 0 Å². The molecule has 2 aromatic carbocycles. The predicted molar refractivity (Wildman–Crippen MR) is 102 cm³/mol. The molecule has 1 aromatic heterocycles. The van der Waals surface area contributed by atoms with E-state index in [4.69, 9.17) is 0 Å². The first-order chi connectivity index (χ1) is 12.4. The summed E-state index contributed by atoms with van der Waals surface area (Å²) in [4.78, 5) is 28.2. The molecule has 3 rings (SSSR count). The molecule has 1 N–H and O–H groups in total. The molecule has 26 heavy (non-hydrogen) atoms. The number of pyridine rings is 1. The third-order valence-corrected chi connectivity index (χ3v) is 4.32. The van der Waals surface area contributed by atoms with Crippen molar-refractivity contribution in [1.82, 2.24) is 4.98 Å². The number of nitrogens with one attached hydrogen (secondary N) is 1. The van der Waals surface area contributed by atoms with Gasteiger partial charge in [0, 0.05) is 17.1 Å². The maximum atomic E-state index is 12.9. The summed E-state index contributed by atoms with van der Waals surface area (Å²) in [6.07, 6.45) is 0. The Morgan fingerprint density at radius 2 is 1.88 bits per heavy atom. The Kier molecular flexibility index (Phi) is 4.67. The Balaban J connectivity index is 2.06. The van der Waals surface area contributed by atoms with Gasteiger partial charge in [0.2, 0.25) is 0 Å². The lowest BCUT2D eigenvalue weighted by atomic mass is 10.0. The van der Waals surface area contributed by atoms with Crippen LogP contribution in [-0.2, 0) is 0 Å². The first-order valence-corrected chi connectivity index (χ1v) is 8.33. The minimum absolute atomic E-state index is 0.0229. The molecule has 0 aliphatic carbocycles. The summed E-state index contributed by atoms with van der Waals surface area (Å²) in [5.74, 6) is -0.139. The standard InChI is InChI=1S/C20H19N3O3/c1-12(2)18-11-15(14-7-4-5-8-17(14)21-18)20(24)22-16-9-6-10-19(13(16)3)23(25)26/h4-12H,1-3H3,(H,22,24). The van der Waals surface area contributed by atoms with Crippen molar-refractivity contribution in [3.63, 3.8) is 0 Å². The monoisotopic (exact) mass is 349 g/mol. The van der Waals surface area contributed by atoms with E-state index in [1.165, 1.54) is 6.07 Å². The van der Waals surface area contributed by atoms with E-state index in [0.717, 1.165) is 16.6 Å². The zero-order valence-corrected chi connectivity index (χ0v) is 14.8. The van der Waals surface area contributed by atoms with Gasteiger partial charge in [-0.2, -0.15) is 0 Å². The molecule has 0 aliphatic rings. The number of nitro benzene ring substituents is 1. The number of anilines is 1. The maximum Gasteiger partial charge on any atom is 0.274 e. The summed E-state index contributed by atoms with van der Waals surface area (Å²) in [6, 6.07) is 13.9. The molecule has 0 unspecified atom stereocenters. The second-order valence-electron chi connectivity index (χ2n) is 6.43. The van der Waals surface area contributed by atoms with Crippen LogP contribution in [0.3, 0.4) is 0 Å². The van der Waals surface area contributed by atoms with Crippen molar-refractivity contribution < 1.29 is 9.72 Å². The van der Waals surface area contributed by atoms with Gasteiger partial charge in [-0.15, -0.1) is 0 Å². The number of rotatable bonds is 4. The molecular weight excluding hydrogens is 330 g/mol. The lowest BCUT2D eigenvalue weighted by Gasteiger charge is -2.13. The lowest BCUT2D eigenvalue weighted by molar-refractivity contribution is -0.385. The number of hydrogen-bond donors (Lipinski definition) is 1. The van der Waals surface area contributed by atoms with E-state index < -0.39 is 4.92 Å². The Morgan fingerprint density at radius 1 is 1.15 bits per heavy atom. The van der Waals surface area contributed by atoms with Crippen LogP contribution in [0.1, 0.15) is 41.4 Å². The van der Waals surface area contributed by atoms with E-state index in [2.05, 4.69) is 10.3 Å². The molecule has 0 spiro atoms. The van der Waals surface area contributed by atoms with E-state index in [-0.39, 0.29) is 17.5 Å². The molecule has 0 aliphatic heterocycles. The van der Waals surface area contributed by atoms with Crippen molar-refractivity contribution in [3.8, 4) is 0 Å². The summed E-state index contributed by atoms with van der Waals surface area (Å²) in [5, 5.41) is 14.7. The molecule has 0 saturated carbocycles. The normalized spacial score (nSPS) is 10.9. The molecular formula is C20H19N3O3. The van der Waals surface area contributed by atoms with Crippen LogP contribution in [0, 0.1) is 17.0 Å². The molecule has 0 bridgehead atoms. The highest BCUT2D eigenvalue weighted by Crippen LogP contribution is 2.27. The van der Waals surface area contributed by atoms with Gasteiger partial charge in [-0.05, 0) is 31.0 Å². The van der Waals surface area contributed by atoms with Gasteiger partial charge in [0.05, 0.1) is 27.3 Å². The third-order valence-electron chi connectivity index (χ3n) is 4.32. The molecule has 1 heterocycles. The number of para-hydroxylation sites is 1. The van der Waals surface area contributed by atoms with Crippen molar-refractivity contribution >= 4 is 28.2 Å². The predicted octanol–water partition coefficient (Wildman–Crippen LogP) is 4.83. The number of amides is 1. The number of carbonyl (C=O) groups is 1. The Morgan fingerprint density at radius 3 is 2.58 bits per heavy atom. The third kappa shape index (κ3) is 3.26. The summed E-state index contributed by atoms with van der Waals surface area (Å²) in [5.41, 5.74) is 2.91. The summed E-state index contributed by atoms with van der Waals surface area (Å²) in [7, 11) is 0. The van der Waals surface area contributed by atoms with Gasteiger partial charge in [-0.3, -0.25) is 19.9 Å². The largest absolute Gasteiger partial charge is 0.321 e. The first-order valence-electron chi connectivity index (χ1n) is 8.33. The Labute approximate surface area is 151 Å². The quantitative estimate of drug-likeness (QED) is 0.540. The SMILES string of the molecule is Cc1c(NC(=O)c2cc(C(C)C)nc3ccccc23)cccc1[N+](=O)[O-]. The van der Waals surface area contributed by atoms with Crippen LogP contribution >= 0.6 is 0 Å². The van der Waals surface area contributed by atoms with Crippen molar-refractivity contribution in [2.45, 2.75) is 26.7 Å². The topological polar surface area (TPSA) is 85.1 Å². The number of carbonyl (C=O) groups excluding carboxylic acids is 1. The van der Waals surface area contributed by atoms with Crippen LogP contribution in [0.2, 0.25) is 0 Å². The average Bonchev–Trinajstić information content (AvgIpc) is 2.62. The zero-order chi connectivity index (χ0) is 18.8. The van der Waals surface area contributed by atoms with E-state index in [1.54, 1.807) is 25.1 Å². The highest BCUT2D eigenvalue weighted by atomic mass is 16.6. The number of benzene rings is 2. The Bertz CT molecular complexity index is 1010. The van der Waals surface area contributed by atoms with E-state index in [1.807, 2.05) is 38.1 Å². The first kappa shape index (κ1) is 17.5. The number of nitro groups is 1. The molecule has 1 amide bonds. The number of fused-ring (bicyclic) bond motifs is 1. The van der Waals surface area contributed by atoms with E-state index in [9.17, 15) is 14.9 Å². The molecule has 0 radical (unpaired) electrons. The lowest BCUT2D eigenvalue weighted by Crippen LogP contribution is -2.15. The van der Waals surface area contributed by atoms with Gasteiger partial charge in [-0.25, -0.2) is 0 Å². The van der Waals surface area contributed by atoms with Gasteiger partial charge in [-0.1, -0.05) is 38.1 Å². The van der Waals surface area contributed by atoms with Gasteiger partial charge < -0.3 is 5.32 Å². The molecule has 3 aromatic rings. The van der Waals surface area contributed by atoms with E-state index >= 15 is 0 Å². The molecule has 0 saturated heterocycles. The van der Waals surface area contributed by atoms with Crippen LogP contribution in [-0.4, -0.2) is 15.8 Å². The van der Waals surface area contributed by atoms with Crippen molar-refractivity contribution in [1.29, 1.82) is 0 Å². The van der Waals surface area contributed by atoms with E-state index in [0.29, 0.717) is 16.8 Å². The highest BCUT2D eigenvalue weighted by Gasteiger charge is 2.18. The van der Waals surface area contributed by atoms with Crippen LogP contribution in [0.25, 0.3) is 10.9 Å². The Hall–Kier alpha value is -3.28. The smallest absolute Gasteiger partial charge is 0.274 e. The summed E-state index contributed by atoms with van der Waals surface area (Å²) < 4.78 is 0. The molecule has 0 fully saturated rings. The van der Waals surface area contributed by atoms with Crippen LogP contribution in [0.4, 0.5) is 11.4 Å². The zero-order valence-electron chi connectivity index (χ0n) is 14.8. The van der Waals surface area contributed by atoms with Crippen molar-refractivity contribution in [2.24, 2.45) is 0 Å². The van der Waals surface area contributed by atoms with Gasteiger partial charge in [0.15, 0.2) is 0 Å². The average molecular weight is 349 g/mol. The fourth-order valence-electron chi connectivity index (χ4n) is 2.83. The summed E-state index contributed by atoms with van der Waals surface area (Å²) >= 11 is 0. The fourth-order valence-corrected chi connectivity index (χ4v) is 2.83. The highest BCUT2D eigenvalue weighted by molar-refractivity contribution is 6.12. The van der Waals surface area contributed by atoms with Crippen molar-refractivity contribution in [3.05, 3.63) is 75.5 Å². The van der Waals surface area contributed by atoms with Crippen molar-refractivity contribution in [2.75, 3.05) is 5.32 Å². The molecule has 132 valence electrons. The van der Waals surface area contributed by atoms with Crippen LogP contribution in [0.15, 0.2) is 48.5 Å². The molecule has 6 heteroatoms. The van der Waals surface area contributed by atoms with Crippen LogP contribution in [0.5, 0.6) is 0 Å². The van der Waals surface area contributed by atoms with Crippen LogP contribution < -0.4 is 5.32 Å². The molecule has 6 nitrogen and oxygen atoms in total. The number of aromatic nitrogens is 1. The maximum absolute atomic E-state index is 12.9. The summed E-state index contributed by atoms with van der Waals surface area (Å²) in [6.45, 7) is 5.66. The number of nitrogens with zero attached hydrogens (tertiary/aromatic N) is 2. The molecule has 0 atom stereocenters. The second kappa shape index (κ2) is 6.92. The fraction of sp³-hybridized carbons (Fsp3) is 0.200.